The van der Waals surface area contributed by atoms with Gasteiger partial charge in [-0.2, -0.15) is 0 Å². The molecule has 0 radical (unpaired) electrons. The van der Waals surface area contributed by atoms with Crippen molar-refractivity contribution >= 4 is 0 Å². The van der Waals surface area contributed by atoms with Gasteiger partial charge < -0.3 is 4.74 Å². The van der Waals surface area contributed by atoms with Crippen LogP contribution in [0.1, 0.15) is 95.5 Å². The minimum atomic E-state index is -4.81. The Morgan fingerprint density at radius 1 is 0.806 bits per heavy atom. The van der Waals surface area contributed by atoms with E-state index in [0.29, 0.717) is 11.5 Å². The molecule has 0 N–H and O–H groups in total. The van der Waals surface area contributed by atoms with Crippen molar-refractivity contribution in [3.8, 4) is 16.9 Å². The number of hydrogen-bond donors (Lipinski definition) is 0. The zero-order valence-corrected chi connectivity index (χ0v) is 21.1. The zero-order valence-electron chi connectivity index (χ0n) is 21.1. The van der Waals surface area contributed by atoms with Crippen LogP contribution in [-0.2, 0) is 0 Å². The van der Waals surface area contributed by atoms with Gasteiger partial charge in [0.05, 0.1) is 5.56 Å². The Balaban J connectivity index is 1.36. The first kappa shape index (κ1) is 26.9. The molecule has 2 aliphatic carbocycles. The van der Waals surface area contributed by atoms with Crippen LogP contribution in [0.4, 0.5) is 22.0 Å². The van der Waals surface area contributed by atoms with E-state index in [9.17, 15) is 13.2 Å². The largest absolute Gasteiger partial charge is 0.573 e. The molecular formula is C30H37F5O. The molecule has 4 rings (SSSR count). The van der Waals surface area contributed by atoms with Crippen LogP contribution in [0, 0.1) is 29.4 Å². The molecule has 36 heavy (non-hydrogen) atoms. The maximum Gasteiger partial charge on any atom is 0.573 e. The summed E-state index contributed by atoms with van der Waals surface area (Å²) in [7, 11) is 0. The fraction of sp³-hybridized carbons (Fsp3) is 0.600. The van der Waals surface area contributed by atoms with Gasteiger partial charge in [-0.3, -0.25) is 0 Å². The summed E-state index contributed by atoms with van der Waals surface area (Å²) in [6, 6.07) is 7.47. The Morgan fingerprint density at radius 3 is 2.11 bits per heavy atom. The van der Waals surface area contributed by atoms with E-state index in [-0.39, 0.29) is 17.0 Å². The molecule has 198 valence electrons. The first-order valence-corrected chi connectivity index (χ1v) is 13.6. The summed E-state index contributed by atoms with van der Waals surface area (Å²) in [6.07, 6.45) is 10.0. The van der Waals surface area contributed by atoms with Crippen LogP contribution >= 0.6 is 0 Å². The summed E-state index contributed by atoms with van der Waals surface area (Å²) in [4.78, 5) is 0. The quantitative estimate of drug-likeness (QED) is 0.242. The van der Waals surface area contributed by atoms with Crippen molar-refractivity contribution < 1.29 is 26.7 Å². The molecule has 1 unspecified atom stereocenters. The summed E-state index contributed by atoms with van der Waals surface area (Å²) >= 11 is 0. The molecule has 1 nitrogen and oxygen atoms in total. The van der Waals surface area contributed by atoms with E-state index in [2.05, 4.69) is 11.7 Å². The van der Waals surface area contributed by atoms with Gasteiger partial charge in [-0.15, -0.1) is 13.2 Å². The number of halogens is 5. The van der Waals surface area contributed by atoms with Crippen molar-refractivity contribution in [1.29, 1.82) is 0 Å². The molecule has 2 aromatic rings. The second-order valence-corrected chi connectivity index (χ2v) is 10.8. The summed E-state index contributed by atoms with van der Waals surface area (Å²) in [5.74, 6) is 0.580. The van der Waals surface area contributed by atoms with Crippen molar-refractivity contribution in [2.45, 2.75) is 96.3 Å². The van der Waals surface area contributed by atoms with Crippen molar-refractivity contribution in [2.75, 3.05) is 0 Å². The van der Waals surface area contributed by atoms with Gasteiger partial charge in [-0.05, 0) is 91.2 Å². The lowest BCUT2D eigenvalue weighted by Crippen LogP contribution is -2.30. The van der Waals surface area contributed by atoms with E-state index in [0.717, 1.165) is 43.2 Å². The Labute approximate surface area is 211 Å². The van der Waals surface area contributed by atoms with E-state index in [4.69, 9.17) is 0 Å². The minimum absolute atomic E-state index is 0.150. The predicted molar refractivity (Wildman–Crippen MR) is 133 cm³/mol. The van der Waals surface area contributed by atoms with Crippen LogP contribution in [-0.4, -0.2) is 6.36 Å². The van der Waals surface area contributed by atoms with Crippen molar-refractivity contribution in [3.05, 3.63) is 53.6 Å². The van der Waals surface area contributed by atoms with Crippen LogP contribution in [0.3, 0.4) is 0 Å². The van der Waals surface area contributed by atoms with Gasteiger partial charge in [0, 0.05) is 0 Å². The Hall–Kier alpha value is -2.11. The van der Waals surface area contributed by atoms with E-state index in [1.807, 2.05) is 0 Å². The molecule has 0 amide bonds. The van der Waals surface area contributed by atoms with Crippen LogP contribution in [0.25, 0.3) is 11.1 Å². The van der Waals surface area contributed by atoms with Crippen LogP contribution in [0.15, 0.2) is 36.4 Å². The van der Waals surface area contributed by atoms with Gasteiger partial charge in [-0.1, -0.05) is 64.0 Å². The number of alkyl halides is 3. The van der Waals surface area contributed by atoms with Crippen molar-refractivity contribution in [2.24, 2.45) is 17.8 Å². The van der Waals surface area contributed by atoms with Crippen LogP contribution in [0.2, 0.25) is 0 Å². The third kappa shape index (κ3) is 7.01. The van der Waals surface area contributed by atoms with Gasteiger partial charge in [0.25, 0.3) is 0 Å². The first-order chi connectivity index (χ1) is 17.2. The smallest absolute Gasteiger partial charge is 0.406 e. The van der Waals surface area contributed by atoms with Crippen LogP contribution < -0.4 is 4.74 Å². The number of ether oxygens (including phenoxy) is 1. The summed E-state index contributed by atoms with van der Waals surface area (Å²) in [5.41, 5.74) is 0.663. The lowest BCUT2D eigenvalue weighted by molar-refractivity contribution is -0.274. The summed E-state index contributed by atoms with van der Waals surface area (Å²) in [6.45, 7) is 2.24. The Bertz CT molecular complexity index is 961. The summed E-state index contributed by atoms with van der Waals surface area (Å²) < 4.78 is 71.1. The minimum Gasteiger partial charge on any atom is -0.406 e. The molecule has 0 heterocycles. The van der Waals surface area contributed by atoms with Crippen molar-refractivity contribution in [3.63, 3.8) is 0 Å². The highest BCUT2D eigenvalue weighted by Crippen LogP contribution is 2.49. The number of hydrogen-bond acceptors (Lipinski definition) is 1. The standard InChI is InChI=1S/C30H37F5O/c1-2-3-4-5-6-7-20-8-9-23-17-24(11-10-22(23)16-20)25-18-27(31)29(28(32)19-25)21-12-14-26(15-13-21)36-30(33,34)35/h12-15,18-20,22-24H,2-11,16-17H2,1H3/t20?,22-,23-,24-/m1/s1. The van der Waals surface area contributed by atoms with Gasteiger partial charge in [0.1, 0.15) is 17.4 Å². The first-order valence-electron chi connectivity index (χ1n) is 13.6. The molecule has 4 atom stereocenters. The van der Waals surface area contributed by atoms with Crippen molar-refractivity contribution in [1.82, 2.24) is 0 Å². The predicted octanol–water partition coefficient (Wildman–Crippen LogP) is 10.2. The molecule has 2 saturated carbocycles. The number of benzene rings is 2. The average Bonchev–Trinajstić information content (AvgIpc) is 2.83. The fourth-order valence-electron chi connectivity index (χ4n) is 6.52. The SMILES string of the molecule is CCCCCCCC1CC[C@@H]2C[C@H](c3cc(F)c(-c4ccc(OC(F)(F)F)cc4)c(F)c3)CC[C@@H]2C1. The molecule has 2 aliphatic rings. The highest BCUT2D eigenvalue weighted by molar-refractivity contribution is 5.66. The molecule has 0 aromatic heterocycles. The van der Waals surface area contributed by atoms with E-state index >= 15 is 8.78 Å². The van der Waals surface area contributed by atoms with Crippen LogP contribution in [0.5, 0.6) is 5.75 Å². The molecule has 0 saturated heterocycles. The van der Waals surface area contributed by atoms with Gasteiger partial charge in [-0.25, -0.2) is 8.78 Å². The molecular weight excluding hydrogens is 471 g/mol. The third-order valence-corrected chi connectivity index (χ3v) is 8.35. The fourth-order valence-corrected chi connectivity index (χ4v) is 6.52. The highest BCUT2D eigenvalue weighted by atomic mass is 19.4. The highest BCUT2D eigenvalue weighted by Gasteiger charge is 2.36. The molecule has 6 heteroatoms. The molecule has 0 spiro atoms. The van der Waals surface area contributed by atoms with Gasteiger partial charge in [0.2, 0.25) is 0 Å². The monoisotopic (exact) mass is 508 g/mol. The molecule has 2 fully saturated rings. The molecule has 0 aliphatic heterocycles. The second-order valence-electron chi connectivity index (χ2n) is 10.8. The Morgan fingerprint density at radius 2 is 1.44 bits per heavy atom. The number of rotatable bonds is 9. The van der Waals surface area contributed by atoms with Gasteiger partial charge in [0.15, 0.2) is 0 Å². The Kier molecular flexibility index (Phi) is 8.95. The lowest BCUT2D eigenvalue weighted by atomic mass is 9.63. The maximum atomic E-state index is 15.1. The third-order valence-electron chi connectivity index (χ3n) is 8.35. The van der Waals surface area contributed by atoms with E-state index < -0.39 is 23.7 Å². The number of fused-ring (bicyclic) bond motifs is 1. The summed E-state index contributed by atoms with van der Waals surface area (Å²) in [5, 5.41) is 0. The van der Waals surface area contributed by atoms with Gasteiger partial charge >= 0.3 is 6.36 Å². The number of unbranched alkanes of at least 4 members (excludes halogenated alkanes) is 4. The zero-order chi connectivity index (χ0) is 25.7. The molecule has 2 aromatic carbocycles. The second kappa shape index (κ2) is 12.0. The average molecular weight is 509 g/mol. The topological polar surface area (TPSA) is 9.23 Å². The van der Waals surface area contributed by atoms with E-state index in [1.165, 1.54) is 82.1 Å². The normalized spacial score (nSPS) is 24.4. The lowest BCUT2D eigenvalue weighted by Gasteiger charge is -2.42. The molecule has 0 bridgehead atoms. The van der Waals surface area contributed by atoms with E-state index in [1.54, 1.807) is 0 Å². The maximum absolute atomic E-state index is 15.1.